The van der Waals surface area contributed by atoms with Crippen LogP contribution in [0.2, 0.25) is 5.02 Å². The van der Waals surface area contributed by atoms with Crippen LogP contribution in [-0.4, -0.2) is 17.7 Å². The first-order chi connectivity index (χ1) is 6.57. The second-order valence-electron chi connectivity index (χ2n) is 2.48. The van der Waals surface area contributed by atoms with Gasteiger partial charge in [-0.2, -0.15) is 0 Å². The summed E-state index contributed by atoms with van der Waals surface area (Å²) < 4.78 is 17.8. The Balaban J connectivity index is 3.18. The number of rotatable bonds is 2. The molecule has 0 fully saturated rings. The number of ether oxygens (including phenoxy) is 1. The number of phenols is 1. The van der Waals surface area contributed by atoms with Crippen LogP contribution >= 0.6 is 11.6 Å². The van der Waals surface area contributed by atoms with E-state index >= 15 is 0 Å². The van der Waals surface area contributed by atoms with Gasteiger partial charge in [-0.05, 0) is 19.1 Å². The molecular weight excluding hydrogens is 211 g/mol. The van der Waals surface area contributed by atoms with Gasteiger partial charge in [0, 0.05) is 0 Å². The molecule has 0 saturated carbocycles. The van der Waals surface area contributed by atoms with Crippen molar-refractivity contribution in [2.75, 3.05) is 6.61 Å². The Labute approximate surface area is 85.1 Å². The predicted octanol–water partition coefficient (Wildman–Crippen LogP) is 2.36. The van der Waals surface area contributed by atoms with E-state index < -0.39 is 23.1 Å². The molecule has 0 amide bonds. The van der Waals surface area contributed by atoms with Gasteiger partial charge in [0.25, 0.3) is 0 Å². The Hall–Kier alpha value is -1.29. The van der Waals surface area contributed by atoms with Crippen LogP contribution in [0.4, 0.5) is 4.39 Å². The number of carbonyl (C=O) groups excluding carboxylic acids is 1. The maximum Gasteiger partial charge on any atom is 0.342 e. The van der Waals surface area contributed by atoms with Crippen LogP contribution in [0.25, 0.3) is 0 Å². The number of halogens is 2. The van der Waals surface area contributed by atoms with Crippen molar-refractivity contribution in [2.24, 2.45) is 0 Å². The summed E-state index contributed by atoms with van der Waals surface area (Å²) in [6.07, 6.45) is 0. The van der Waals surface area contributed by atoms with Gasteiger partial charge >= 0.3 is 5.97 Å². The molecule has 0 saturated heterocycles. The van der Waals surface area contributed by atoms with Crippen LogP contribution in [0, 0.1) is 5.82 Å². The molecule has 14 heavy (non-hydrogen) atoms. The van der Waals surface area contributed by atoms with E-state index in [2.05, 4.69) is 4.74 Å². The molecule has 0 aliphatic rings. The second kappa shape index (κ2) is 4.28. The Morgan fingerprint density at radius 3 is 2.86 bits per heavy atom. The van der Waals surface area contributed by atoms with Gasteiger partial charge in [0.05, 0.1) is 11.6 Å². The molecule has 0 bridgehead atoms. The lowest BCUT2D eigenvalue weighted by atomic mass is 10.2. The number of aromatic hydroxyl groups is 1. The number of benzene rings is 1. The zero-order chi connectivity index (χ0) is 10.7. The molecule has 0 aliphatic carbocycles. The number of phenolic OH excluding ortho intramolecular Hbond substituents is 1. The third-order valence-electron chi connectivity index (χ3n) is 1.55. The largest absolute Gasteiger partial charge is 0.505 e. The van der Waals surface area contributed by atoms with E-state index in [-0.39, 0.29) is 11.6 Å². The average molecular weight is 219 g/mol. The monoisotopic (exact) mass is 218 g/mol. The van der Waals surface area contributed by atoms with Crippen molar-refractivity contribution < 1.29 is 19.0 Å². The minimum Gasteiger partial charge on any atom is -0.505 e. The third-order valence-corrected chi connectivity index (χ3v) is 1.87. The van der Waals surface area contributed by atoms with Gasteiger partial charge in [-0.1, -0.05) is 11.6 Å². The SMILES string of the molecule is CCOC(=O)c1c(Cl)ccc(O)c1F. The lowest BCUT2D eigenvalue weighted by Gasteiger charge is -2.05. The summed E-state index contributed by atoms with van der Waals surface area (Å²) in [5, 5.41) is 8.92. The molecular formula is C9H8ClFO3. The predicted molar refractivity (Wildman–Crippen MR) is 49.0 cm³/mol. The fourth-order valence-corrected chi connectivity index (χ4v) is 1.15. The van der Waals surface area contributed by atoms with Gasteiger partial charge in [-0.15, -0.1) is 0 Å². The lowest BCUT2D eigenvalue weighted by Crippen LogP contribution is -2.08. The molecule has 0 heterocycles. The molecule has 1 rings (SSSR count). The fraction of sp³-hybridized carbons (Fsp3) is 0.222. The van der Waals surface area contributed by atoms with Gasteiger partial charge in [-0.3, -0.25) is 0 Å². The van der Waals surface area contributed by atoms with E-state index in [1.54, 1.807) is 6.92 Å². The molecule has 0 spiro atoms. The van der Waals surface area contributed by atoms with Gasteiger partial charge in [0.1, 0.15) is 5.56 Å². The molecule has 0 radical (unpaired) electrons. The van der Waals surface area contributed by atoms with E-state index in [9.17, 15) is 9.18 Å². The van der Waals surface area contributed by atoms with Crippen LogP contribution in [0.15, 0.2) is 12.1 Å². The topological polar surface area (TPSA) is 46.5 Å². The Morgan fingerprint density at radius 1 is 1.64 bits per heavy atom. The molecule has 76 valence electrons. The number of hydrogen-bond acceptors (Lipinski definition) is 3. The quantitative estimate of drug-likeness (QED) is 0.776. The third kappa shape index (κ3) is 1.96. The van der Waals surface area contributed by atoms with Crippen molar-refractivity contribution in [2.45, 2.75) is 6.92 Å². The molecule has 1 aromatic carbocycles. The van der Waals surface area contributed by atoms with Gasteiger partial charge in [0.15, 0.2) is 11.6 Å². The van der Waals surface area contributed by atoms with Crippen LogP contribution < -0.4 is 0 Å². The van der Waals surface area contributed by atoms with Gasteiger partial charge in [0.2, 0.25) is 0 Å². The molecule has 0 unspecified atom stereocenters. The van der Waals surface area contributed by atoms with Crippen molar-refractivity contribution in [3.63, 3.8) is 0 Å². The highest BCUT2D eigenvalue weighted by atomic mass is 35.5. The lowest BCUT2D eigenvalue weighted by molar-refractivity contribution is 0.0520. The molecule has 5 heteroatoms. The maximum absolute atomic E-state index is 13.2. The van der Waals surface area contributed by atoms with Crippen LogP contribution in [0.1, 0.15) is 17.3 Å². The number of hydrogen-bond donors (Lipinski definition) is 1. The molecule has 3 nitrogen and oxygen atoms in total. The maximum atomic E-state index is 13.2. The van der Waals surface area contributed by atoms with Crippen molar-refractivity contribution in [1.29, 1.82) is 0 Å². The highest BCUT2D eigenvalue weighted by Crippen LogP contribution is 2.26. The van der Waals surface area contributed by atoms with Gasteiger partial charge < -0.3 is 9.84 Å². The molecule has 0 atom stereocenters. The molecule has 0 aliphatic heterocycles. The summed E-state index contributed by atoms with van der Waals surface area (Å²) in [5.41, 5.74) is -0.437. The zero-order valence-corrected chi connectivity index (χ0v) is 8.14. The number of esters is 1. The highest BCUT2D eigenvalue weighted by Gasteiger charge is 2.19. The Bertz CT molecular complexity index is 365. The first kappa shape index (κ1) is 10.8. The second-order valence-corrected chi connectivity index (χ2v) is 2.88. The van der Waals surface area contributed by atoms with Crippen molar-refractivity contribution in [1.82, 2.24) is 0 Å². The van der Waals surface area contributed by atoms with Crippen LogP contribution in [-0.2, 0) is 4.74 Å². The average Bonchev–Trinajstić information content (AvgIpc) is 2.13. The minimum absolute atomic E-state index is 0.0845. The first-order valence-electron chi connectivity index (χ1n) is 3.92. The summed E-state index contributed by atoms with van der Waals surface area (Å²) in [5.74, 6) is -2.57. The van der Waals surface area contributed by atoms with E-state index in [4.69, 9.17) is 16.7 Å². The smallest absolute Gasteiger partial charge is 0.342 e. The van der Waals surface area contributed by atoms with E-state index in [0.29, 0.717) is 0 Å². The summed E-state index contributed by atoms with van der Waals surface area (Å²) in [4.78, 5) is 11.2. The van der Waals surface area contributed by atoms with Gasteiger partial charge in [-0.25, -0.2) is 9.18 Å². The van der Waals surface area contributed by atoms with E-state index in [1.807, 2.05) is 0 Å². The summed E-state index contributed by atoms with van der Waals surface area (Å²) in [6.45, 7) is 1.71. The normalized spacial score (nSPS) is 9.93. The summed E-state index contributed by atoms with van der Waals surface area (Å²) in [6, 6.07) is 2.30. The van der Waals surface area contributed by atoms with Crippen LogP contribution in [0.3, 0.4) is 0 Å². The Morgan fingerprint density at radius 2 is 2.29 bits per heavy atom. The van der Waals surface area contributed by atoms with E-state index in [0.717, 1.165) is 6.07 Å². The molecule has 1 N–H and O–H groups in total. The Kier molecular flexibility index (Phi) is 3.30. The van der Waals surface area contributed by atoms with Crippen molar-refractivity contribution >= 4 is 17.6 Å². The van der Waals surface area contributed by atoms with Crippen LogP contribution in [0.5, 0.6) is 5.75 Å². The first-order valence-corrected chi connectivity index (χ1v) is 4.29. The number of carbonyl (C=O) groups is 1. The minimum atomic E-state index is -1.06. The zero-order valence-electron chi connectivity index (χ0n) is 7.38. The highest BCUT2D eigenvalue weighted by molar-refractivity contribution is 6.33. The van der Waals surface area contributed by atoms with Crippen molar-refractivity contribution in [3.8, 4) is 5.75 Å². The fourth-order valence-electron chi connectivity index (χ4n) is 0.932. The standard InChI is InChI=1S/C9H8ClFO3/c1-2-14-9(13)7-5(10)3-4-6(12)8(7)11/h3-4,12H,2H2,1H3. The summed E-state index contributed by atoms with van der Waals surface area (Å²) >= 11 is 5.58. The summed E-state index contributed by atoms with van der Waals surface area (Å²) in [7, 11) is 0. The molecule has 1 aromatic rings. The van der Waals surface area contributed by atoms with E-state index in [1.165, 1.54) is 6.07 Å². The van der Waals surface area contributed by atoms with Crippen molar-refractivity contribution in [3.05, 3.63) is 28.5 Å². The molecule has 0 aromatic heterocycles.